The average molecular weight is 543 g/mol. The number of hydrogen-bond acceptors (Lipinski definition) is 6. The number of carbonyl (C=O) groups excluding carboxylic acids is 1. The minimum Gasteiger partial charge on any atom is -0.278 e. The van der Waals surface area contributed by atoms with Crippen LogP contribution in [-0.2, 0) is 23.1 Å². The number of anilines is 1. The molecule has 1 amide bonds. The van der Waals surface area contributed by atoms with Gasteiger partial charge in [0.25, 0.3) is 5.91 Å². The second kappa shape index (κ2) is 11.2. The van der Waals surface area contributed by atoms with Crippen LogP contribution in [0.1, 0.15) is 28.5 Å². The topological polar surface area (TPSA) is 83.5 Å². The van der Waals surface area contributed by atoms with Crippen LogP contribution in [0, 0.1) is 0 Å². The lowest BCUT2D eigenvalue weighted by molar-refractivity contribution is 0.0984. The molecular weight excluding hydrogens is 516 g/mol. The van der Waals surface area contributed by atoms with Crippen LogP contribution in [0.25, 0.3) is 10.2 Å². The molecule has 0 bridgehead atoms. The lowest BCUT2D eigenvalue weighted by atomic mass is 10.2. The predicted molar refractivity (Wildman–Crippen MR) is 151 cm³/mol. The van der Waals surface area contributed by atoms with Crippen molar-refractivity contribution in [3.05, 3.63) is 120 Å². The molecule has 192 valence electrons. The zero-order valence-corrected chi connectivity index (χ0v) is 22.4. The Hall–Kier alpha value is -3.92. The first-order valence-corrected chi connectivity index (χ1v) is 14.4. The van der Waals surface area contributed by atoms with Gasteiger partial charge in [0.05, 0.1) is 27.4 Å². The fourth-order valence-corrected chi connectivity index (χ4v) is 6.48. The summed E-state index contributed by atoms with van der Waals surface area (Å²) in [5.74, 6) is -0.282. The van der Waals surface area contributed by atoms with E-state index >= 15 is 0 Å². The lowest BCUT2D eigenvalue weighted by Crippen LogP contribution is -2.31. The molecule has 0 radical (unpaired) electrons. The van der Waals surface area contributed by atoms with Crippen LogP contribution < -0.4 is 4.90 Å². The molecule has 2 heterocycles. The SMILES string of the molecule is CCN(Cc1ccccc1)S(=O)(=O)c1ccc(C(=O)N(Cc2ccccn2)c2nc3ccccc3s2)cc1. The van der Waals surface area contributed by atoms with E-state index in [0.29, 0.717) is 17.2 Å². The van der Waals surface area contributed by atoms with Crippen LogP contribution in [0.15, 0.2) is 108 Å². The third kappa shape index (κ3) is 5.50. The molecule has 0 saturated carbocycles. The van der Waals surface area contributed by atoms with Gasteiger partial charge in [-0.2, -0.15) is 4.31 Å². The minimum atomic E-state index is -3.74. The number of aromatic nitrogens is 2. The van der Waals surface area contributed by atoms with E-state index in [-0.39, 0.29) is 23.9 Å². The molecule has 0 saturated heterocycles. The van der Waals surface area contributed by atoms with E-state index in [0.717, 1.165) is 21.5 Å². The van der Waals surface area contributed by atoms with E-state index in [1.165, 1.54) is 27.8 Å². The molecular formula is C29H26N4O3S2. The molecule has 5 aromatic rings. The van der Waals surface area contributed by atoms with Crippen LogP contribution >= 0.6 is 11.3 Å². The van der Waals surface area contributed by atoms with Gasteiger partial charge in [-0.15, -0.1) is 0 Å². The van der Waals surface area contributed by atoms with Crippen molar-refractivity contribution in [2.75, 3.05) is 11.4 Å². The van der Waals surface area contributed by atoms with E-state index in [1.807, 2.05) is 79.7 Å². The fourth-order valence-electron chi connectivity index (χ4n) is 4.08. The second-order valence-electron chi connectivity index (χ2n) is 8.62. The first-order chi connectivity index (χ1) is 18.5. The smallest absolute Gasteiger partial charge is 0.260 e. The Morgan fingerprint density at radius 2 is 1.55 bits per heavy atom. The molecule has 0 atom stereocenters. The van der Waals surface area contributed by atoms with Gasteiger partial charge in [0, 0.05) is 24.8 Å². The molecule has 0 N–H and O–H groups in total. The largest absolute Gasteiger partial charge is 0.278 e. The van der Waals surface area contributed by atoms with Crippen molar-refractivity contribution in [1.82, 2.24) is 14.3 Å². The molecule has 2 aromatic heterocycles. The predicted octanol–water partition coefficient (Wildman–Crippen LogP) is 5.75. The molecule has 38 heavy (non-hydrogen) atoms. The monoisotopic (exact) mass is 542 g/mol. The highest BCUT2D eigenvalue weighted by atomic mass is 32.2. The van der Waals surface area contributed by atoms with E-state index < -0.39 is 10.0 Å². The molecule has 0 fully saturated rings. The summed E-state index contributed by atoms with van der Waals surface area (Å²) in [4.78, 5) is 24.5. The van der Waals surface area contributed by atoms with Crippen LogP contribution in [0.4, 0.5) is 5.13 Å². The zero-order valence-electron chi connectivity index (χ0n) is 20.8. The third-order valence-corrected chi connectivity index (χ3v) is 9.09. The number of thiazole rings is 1. The minimum absolute atomic E-state index is 0.142. The van der Waals surface area contributed by atoms with Gasteiger partial charge >= 0.3 is 0 Å². The highest BCUT2D eigenvalue weighted by molar-refractivity contribution is 7.89. The molecule has 0 aliphatic rings. The Balaban J connectivity index is 1.43. The summed E-state index contributed by atoms with van der Waals surface area (Å²) < 4.78 is 29.1. The molecule has 0 aliphatic carbocycles. The first-order valence-electron chi connectivity index (χ1n) is 12.2. The van der Waals surface area contributed by atoms with Gasteiger partial charge in [0.2, 0.25) is 10.0 Å². The summed E-state index contributed by atoms with van der Waals surface area (Å²) in [6, 6.07) is 28.9. The number of nitrogens with zero attached hydrogens (tertiary/aromatic N) is 4. The Morgan fingerprint density at radius 3 is 2.24 bits per heavy atom. The normalized spacial score (nSPS) is 11.6. The van der Waals surface area contributed by atoms with Gasteiger partial charge in [-0.3, -0.25) is 14.7 Å². The van der Waals surface area contributed by atoms with Gasteiger partial charge < -0.3 is 0 Å². The number of amides is 1. The number of fused-ring (bicyclic) bond motifs is 1. The molecule has 7 nitrogen and oxygen atoms in total. The van der Waals surface area contributed by atoms with Gasteiger partial charge in [0.15, 0.2) is 5.13 Å². The second-order valence-corrected chi connectivity index (χ2v) is 11.6. The maximum Gasteiger partial charge on any atom is 0.260 e. The van der Waals surface area contributed by atoms with Crippen molar-refractivity contribution in [3.8, 4) is 0 Å². The van der Waals surface area contributed by atoms with Crippen molar-refractivity contribution in [1.29, 1.82) is 0 Å². The van der Waals surface area contributed by atoms with Crippen molar-refractivity contribution in [2.45, 2.75) is 24.9 Å². The summed E-state index contributed by atoms with van der Waals surface area (Å²) in [5, 5.41) is 0.554. The Bertz CT molecular complexity index is 1610. The standard InChI is InChI=1S/C29H26N4O3S2/c1-2-32(20-22-10-4-3-5-11-22)38(35,36)25-17-15-23(16-18-25)28(34)33(21-24-12-8-9-19-30-24)29-31-26-13-6-7-14-27(26)37-29/h3-19H,2,20-21H2,1H3. The van der Waals surface area contributed by atoms with E-state index in [2.05, 4.69) is 9.97 Å². The summed E-state index contributed by atoms with van der Waals surface area (Å²) in [6.07, 6.45) is 1.69. The number of sulfonamides is 1. The van der Waals surface area contributed by atoms with Crippen LogP contribution in [-0.4, -0.2) is 35.1 Å². The fraction of sp³-hybridized carbons (Fsp3) is 0.138. The Labute approximate surface area is 226 Å². The van der Waals surface area contributed by atoms with E-state index in [1.54, 1.807) is 23.2 Å². The quantitative estimate of drug-likeness (QED) is 0.237. The van der Waals surface area contributed by atoms with E-state index in [9.17, 15) is 13.2 Å². The average Bonchev–Trinajstić information content (AvgIpc) is 3.39. The van der Waals surface area contributed by atoms with Gasteiger partial charge in [-0.25, -0.2) is 13.4 Å². The maximum atomic E-state index is 13.7. The number of benzene rings is 3. The molecule has 0 spiro atoms. The van der Waals surface area contributed by atoms with Crippen LogP contribution in [0.5, 0.6) is 0 Å². The number of hydrogen-bond donors (Lipinski definition) is 0. The molecule has 5 rings (SSSR count). The molecule has 0 unspecified atom stereocenters. The highest BCUT2D eigenvalue weighted by Crippen LogP contribution is 2.31. The first kappa shape index (κ1) is 25.7. The molecule has 3 aromatic carbocycles. The van der Waals surface area contributed by atoms with Gasteiger partial charge in [-0.05, 0) is 54.1 Å². The Kier molecular flexibility index (Phi) is 7.59. The van der Waals surface area contributed by atoms with Gasteiger partial charge in [-0.1, -0.05) is 66.8 Å². The number of para-hydroxylation sites is 1. The van der Waals surface area contributed by atoms with E-state index in [4.69, 9.17) is 0 Å². The summed E-state index contributed by atoms with van der Waals surface area (Å²) >= 11 is 1.43. The molecule has 0 aliphatic heterocycles. The summed E-state index contributed by atoms with van der Waals surface area (Å²) in [6.45, 7) is 2.65. The third-order valence-electron chi connectivity index (χ3n) is 6.10. The number of carbonyl (C=O) groups is 1. The van der Waals surface area contributed by atoms with Gasteiger partial charge in [0.1, 0.15) is 0 Å². The maximum absolute atomic E-state index is 13.7. The summed E-state index contributed by atoms with van der Waals surface area (Å²) in [7, 11) is -3.74. The Morgan fingerprint density at radius 1 is 0.842 bits per heavy atom. The number of rotatable bonds is 9. The van der Waals surface area contributed by atoms with Crippen molar-refractivity contribution >= 4 is 42.6 Å². The van der Waals surface area contributed by atoms with Crippen LogP contribution in [0.2, 0.25) is 0 Å². The van der Waals surface area contributed by atoms with Crippen LogP contribution in [0.3, 0.4) is 0 Å². The van der Waals surface area contributed by atoms with Crippen molar-refractivity contribution in [3.63, 3.8) is 0 Å². The highest BCUT2D eigenvalue weighted by Gasteiger charge is 2.26. The van der Waals surface area contributed by atoms with Crippen molar-refractivity contribution < 1.29 is 13.2 Å². The lowest BCUT2D eigenvalue weighted by Gasteiger charge is -2.22. The summed E-state index contributed by atoms with van der Waals surface area (Å²) in [5.41, 5.74) is 2.81. The van der Waals surface area contributed by atoms with Crippen molar-refractivity contribution in [2.24, 2.45) is 0 Å². The zero-order chi connectivity index (χ0) is 26.5. The number of pyridine rings is 1. The molecule has 9 heteroatoms.